The maximum Gasteiger partial charge on any atom is 0.162 e. The fourth-order valence-corrected chi connectivity index (χ4v) is 4.01. The van der Waals surface area contributed by atoms with Gasteiger partial charge in [-0.3, -0.25) is 0 Å². The Morgan fingerprint density at radius 1 is 1.04 bits per heavy atom. The molecule has 0 bridgehead atoms. The Hall–Kier alpha value is -2.51. The summed E-state index contributed by atoms with van der Waals surface area (Å²) >= 11 is 0. The van der Waals surface area contributed by atoms with Crippen molar-refractivity contribution in [1.82, 2.24) is 9.97 Å². The molecule has 4 rings (SSSR count). The molecule has 7 heteroatoms. The van der Waals surface area contributed by atoms with Crippen molar-refractivity contribution in [3.8, 4) is 11.4 Å². The SMILES string of the molecule is CS(=O)(=O)Cc1cc(N2CCOCC2)nc(-c2cccc3ccccc23)n1. The van der Waals surface area contributed by atoms with Crippen molar-refractivity contribution >= 4 is 26.4 Å². The Morgan fingerprint density at radius 2 is 1.78 bits per heavy atom. The number of sulfone groups is 1. The Labute approximate surface area is 158 Å². The van der Waals surface area contributed by atoms with E-state index in [1.165, 1.54) is 6.26 Å². The number of hydrogen-bond donors (Lipinski definition) is 0. The summed E-state index contributed by atoms with van der Waals surface area (Å²) < 4.78 is 29.1. The van der Waals surface area contributed by atoms with Crippen LogP contribution >= 0.6 is 0 Å². The molecule has 1 fully saturated rings. The Morgan fingerprint density at radius 3 is 2.56 bits per heavy atom. The zero-order valence-electron chi connectivity index (χ0n) is 15.1. The molecule has 6 nitrogen and oxygen atoms in total. The summed E-state index contributed by atoms with van der Waals surface area (Å²) in [7, 11) is -3.20. The van der Waals surface area contributed by atoms with Gasteiger partial charge >= 0.3 is 0 Å². The van der Waals surface area contributed by atoms with Gasteiger partial charge in [-0.15, -0.1) is 0 Å². The van der Waals surface area contributed by atoms with Gasteiger partial charge in [0.1, 0.15) is 5.82 Å². The quantitative estimate of drug-likeness (QED) is 0.690. The van der Waals surface area contributed by atoms with E-state index >= 15 is 0 Å². The molecule has 0 atom stereocenters. The van der Waals surface area contributed by atoms with Gasteiger partial charge in [-0.1, -0.05) is 42.5 Å². The standard InChI is InChI=1S/C20H21N3O3S/c1-27(24,25)14-16-13-19(23-9-11-26-12-10-23)22-20(21-16)18-8-4-6-15-5-2-3-7-17(15)18/h2-8,13H,9-12,14H2,1H3. The van der Waals surface area contributed by atoms with E-state index in [4.69, 9.17) is 9.72 Å². The molecular formula is C20H21N3O3S. The predicted molar refractivity (Wildman–Crippen MR) is 107 cm³/mol. The molecule has 0 spiro atoms. The van der Waals surface area contributed by atoms with E-state index in [-0.39, 0.29) is 5.75 Å². The monoisotopic (exact) mass is 383 g/mol. The minimum Gasteiger partial charge on any atom is -0.378 e. The normalized spacial score (nSPS) is 15.2. The molecule has 1 aromatic heterocycles. The molecule has 140 valence electrons. The molecular weight excluding hydrogens is 362 g/mol. The molecule has 3 aromatic rings. The van der Waals surface area contributed by atoms with Gasteiger partial charge in [0.05, 0.1) is 24.7 Å². The first kappa shape index (κ1) is 17.9. The number of benzene rings is 2. The number of morpholine rings is 1. The summed E-state index contributed by atoms with van der Waals surface area (Å²) in [5, 5.41) is 2.14. The van der Waals surface area contributed by atoms with Crippen LogP contribution in [0.15, 0.2) is 48.5 Å². The van der Waals surface area contributed by atoms with Gasteiger partial charge in [-0.05, 0) is 10.8 Å². The van der Waals surface area contributed by atoms with Crippen LogP contribution < -0.4 is 4.90 Å². The first-order valence-corrected chi connectivity index (χ1v) is 10.9. The summed E-state index contributed by atoms with van der Waals surface area (Å²) in [5.74, 6) is 1.19. The zero-order valence-corrected chi connectivity index (χ0v) is 15.9. The lowest BCUT2D eigenvalue weighted by Crippen LogP contribution is -2.37. The van der Waals surface area contributed by atoms with Gasteiger partial charge in [0, 0.05) is 31.0 Å². The molecule has 0 aliphatic carbocycles. The highest BCUT2D eigenvalue weighted by molar-refractivity contribution is 7.89. The van der Waals surface area contributed by atoms with Crippen LogP contribution in [0.5, 0.6) is 0 Å². The van der Waals surface area contributed by atoms with Crippen molar-refractivity contribution < 1.29 is 13.2 Å². The Bertz CT molecular complexity index is 1070. The van der Waals surface area contributed by atoms with Crippen LogP contribution in [0.1, 0.15) is 5.69 Å². The second-order valence-electron chi connectivity index (χ2n) is 6.74. The number of hydrogen-bond acceptors (Lipinski definition) is 6. The Kier molecular flexibility index (Phi) is 4.80. The Balaban J connectivity index is 1.86. The summed E-state index contributed by atoms with van der Waals surface area (Å²) in [6.07, 6.45) is 1.22. The average Bonchev–Trinajstić information content (AvgIpc) is 2.66. The molecule has 0 N–H and O–H groups in total. The van der Waals surface area contributed by atoms with E-state index in [9.17, 15) is 8.42 Å². The van der Waals surface area contributed by atoms with Crippen LogP contribution in [0, 0.1) is 0 Å². The van der Waals surface area contributed by atoms with Crippen molar-refractivity contribution in [3.63, 3.8) is 0 Å². The summed E-state index contributed by atoms with van der Waals surface area (Å²) in [6.45, 7) is 2.72. The average molecular weight is 383 g/mol. The van der Waals surface area contributed by atoms with Crippen LogP contribution in [-0.4, -0.2) is 50.9 Å². The molecule has 0 unspecified atom stereocenters. The molecule has 1 aliphatic rings. The van der Waals surface area contributed by atoms with Crippen molar-refractivity contribution in [2.75, 3.05) is 37.5 Å². The fourth-order valence-electron chi connectivity index (χ4n) is 3.32. The highest BCUT2D eigenvalue weighted by Gasteiger charge is 2.18. The van der Waals surface area contributed by atoms with Gasteiger partial charge in [0.2, 0.25) is 0 Å². The van der Waals surface area contributed by atoms with E-state index in [0.29, 0.717) is 24.7 Å². The second-order valence-corrected chi connectivity index (χ2v) is 8.88. The largest absolute Gasteiger partial charge is 0.378 e. The molecule has 0 radical (unpaired) electrons. The highest BCUT2D eigenvalue weighted by Crippen LogP contribution is 2.28. The molecule has 1 saturated heterocycles. The number of fused-ring (bicyclic) bond motifs is 1. The number of ether oxygens (including phenoxy) is 1. The van der Waals surface area contributed by atoms with Crippen LogP contribution in [0.25, 0.3) is 22.2 Å². The summed E-state index contributed by atoms with van der Waals surface area (Å²) in [4.78, 5) is 11.5. The molecule has 2 heterocycles. The van der Waals surface area contributed by atoms with Gasteiger partial charge in [0.15, 0.2) is 15.7 Å². The minimum absolute atomic E-state index is 0.107. The summed E-state index contributed by atoms with van der Waals surface area (Å²) in [5.41, 5.74) is 1.41. The lowest BCUT2D eigenvalue weighted by atomic mass is 10.0. The van der Waals surface area contributed by atoms with E-state index in [1.807, 2.05) is 42.5 Å². The van der Waals surface area contributed by atoms with Crippen molar-refractivity contribution in [2.45, 2.75) is 5.75 Å². The summed E-state index contributed by atoms with van der Waals surface area (Å²) in [6, 6.07) is 15.8. The third-order valence-corrected chi connectivity index (χ3v) is 5.36. The van der Waals surface area contributed by atoms with Gasteiger partial charge in [-0.2, -0.15) is 0 Å². The number of anilines is 1. The number of nitrogens with zero attached hydrogens (tertiary/aromatic N) is 3. The van der Waals surface area contributed by atoms with Gasteiger partial charge in [-0.25, -0.2) is 18.4 Å². The van der Waals surface area contributed by atoms with E-state index in [1.54, 1.807) is 6.07 Å². The van der Waals surface area contributed by atoms with Crippen molar-refractivity contribution in [3.05, 3.63) is 54.2 Å². The van der Waals surface area contributed by atoms with Crippen LogP contribution in [-0.2, 0) is 20.3 Å². The van der Waals surface area contributed by atoms with E-state index < -0.39 is 9.84 Å². The smallest absolute Gasteiger partial charge is 0.162 e. The predicted octanol–water partition coefficient (Wildman–Crippen LogP) is 2.68. The number of rotatable bonds is 4. The maximum atomic E-state index is 11.9. The molecule has 0 amide bonds. The first-order valence-electron chi connectivity index (χ1n) is 8.86. The molecule has 0 saturated carbocycles. The molecule has 2 aromatic carbocycles. The molecule has 27 heavy (non-hydrogen) atoms. The van der Waals surface area contributed by atoms with E-state index in [2.05, 4.69) is 9.88 Å². The van der Waals surface area contributed by atoms with Crippen molar-refractivity contribution in [1.29, 1.82) is 0 Å². The van der Waals surface area contributed by atoms with Crippen LogP contribution in [0.2, 0.25) is 0 Å². The van der Waals surface area contributed by atoms with Crippen LogP contribution in [0.4, 0.5) is 5.82 Å². The number of aromatic nitrogens is 2. The lowest BCUT2D eigenvalue weighted by Gasteiger charge is -2.28. The van der Waals surface area contributed by atoms with Crippen molar-refractivity contribution in [2.24, 2.45) is 0 Å². The van der Waals surface area contributed by atoms with Gasteiger partial charge < -0.3 is 9.64 Å². The maximum absolute atomic E-state index is 11.9. The highest BCUT2D eigenvalue weighted by atomic mass is 32.2. The lowest BCUT2D eigenvalue weighted by molar-refractivity contribution is 0.122. The van der Waals surface area contributed by atoms with Gasteiger partial charge in [0.25, 0.3) is 0 Å². The third-order valence-electron chi connectivity index (χ3n) is 4.54. The first-order chi connectivity index (χ1) is 13.0. The third kappa shape index (κ3) is 4.09. The fraction of sp³-hybridized carbons (Fsp3) is 0.300. The van der Waals surface area contributed by atoms with Crippen LogP contribution in [0.3, 0.4) is 0 Å². The second kappa shape index (κ2) is 7.25. The minimum atomic E-state index is -3.20. The van der Waals surface area contributed by atoms with E-state index in [0.717, 1.165) is 35.2 Å². The topological polar surface area (TPSA) is 72.4 Å². The molecule has 1 aliphatic heterocycles. The zero-order chi connectivity index (χ0) is 18.9.